The third-order valence-corrected chi connectivity index (χ3v) is 3.35. The van der Waals surface area contributed by atoms with E-state index in [4.69, 9.17) is 5.11 Å². The van der Waals surface area contributed by atoms with Crippen molar-refractivity contribution in [1.82, 2.24) is 25.3 Å². The van der Waals surface area contributed by atoms with E-state index in [-0.39, 0.29) is 23.9 Å². The molecule has 0 spiro atoms. The highest BCUT2D eigenvalue weighted by Crippen LogP contribution is 2.28. The molecule has 2 aromatic heterocycles. The smallest absolute Gasteiger partial charge is 0.417 e. The summed E-state index contributed by atoms with van der Waals surface area (Å²) in [6, 6.07) is 0.821. The summed E-state index contributed by atoms with van der Waals surface area (Å²) < 4.78 is 38.6. The first-order chi connectivity index (χ1) is 12.1. The minimum atomic E-state index is -4.51. The summed E-state index contributed by atoms with van der Waals surface area (Å²) in [5.74, 6) is -1.86. The summed E-state index contributed by atoms with van der Waals surface area (Å²) in [7, 11) is 0. The van der Waals surface area contributed by atoms with Gasteiger partial charge in [-0.15, -0.1) is 5.10 Å². The molecule has 0 aliphatic carbocycles. The van der Waals surface area contributed by atoms with Crippen molar-refractivity contribution in [2.45, 2.75) is 32.5 Å². The Hall–Kier alpha value is -2.98. The van der Waals surface area contributed by atoms with Crippen LogP contribution >= 0.6 is 0 Å². The second-order valence-corrected chi connectivity index (χ2v) is 5.95. The van der Waals surface area contributed by atoms with E-state index >= 15 is 0 Å². The Labute approximate surface area is 146 Å². The van der Waals surface area contributed by atoms with Gasteiger partial charge in [0, 0.05) is 6.20 Å². The van der Waals surface area contributed by atoms with Gasteiger partial charge in [-0.3, -0.25) is 4.79 Å². The lowest BCUT2D eigenvalue weighted by Gasteiger charge is -2.15. The molecule has 0 aliphatic rings. The fourth-order valence-electron chi connectivity index (χ4n) is 2.09. The van der Waals surface area contributed by atoms with E-state index in [1.165, 1.54) is 0 Å². The van der Waals surface area contributed by atoms with Crippen LogP contribution in [0, 0.1) is 5.92 Å². The van der Waals surface area contributed by atoms with E-state index in [0.717, 1.165) is 23.0 Å². The number of hydrogen-bond acceptors (Lipinski definition) is 5. The quantitative estimate of drug-likeness (QED) is 0.803. The monoisotopic (exact) mass is 371 g/mol. The van der Waals surface area contributed by atoms with Gasteiger partial charge in [0.2, 0.25) is 0 Å². The molecule has 0 unspecified atom stereocenters. The van der Waals surface area contributed by atoms with E-state index in [1.807, 2.05) is 13.8 Å². The molecule has 0 radical (unpaired) electrons. The summed E-state index contributed by atoms with van der Waals surface area (Å²) in [6.07, 6.45) is -2.49. The van der Waals surface area contributed by atoms with Crippen LogP contribution in [0.15, 0.2) is 24.5 Å². The maximum absolute atomic E-state index is 12.5. The molecule has 1 amide bonds. The molecule has 2 heterocycles. The Kier molecular flexibility index (Phi) is 5.58. The minimum Gasteiger partial charge on any atom is -0.480 e. The van der Waals surface area contributed by atoms with Crippen LogP contribution in [-0.4, -0.2) is 43.0 Å². The Morgan fingerprint density at radius 1 is 1.31 bits per heavy atom. The SMILES string of the molecule is CC(C)C[C@H](NC(=O)c1cn(-c2ccc(C(F)(F)F)cn2)nn1)C(=O)O. The molecule has 2 rings (SSSR count). The molecular weight excluding hydrogens is 355 g/mol. The third-order valence-electron chi connectivity index (χ3n) is 3.35. The number of rotatable bonds is 6. The number of aromatic nitrogens is 4. The van der Waals surface area contributed by atoms with Crippen molar-refractivity contribution in [2.75, 3.05) is 0 Å². The van der Waals surface area contributed by atoms with E-state index in [9.17, 15) is 22.8 Å². The standard InChI is InChI=1S/C15H16F3N5O3/c1-8(2)5-10(14(25)26)20-13(24)11-7-23(22-21-11)12-4-3-9(6-19-12)15(16,17)18/h3-4,6-8,10H,5H2,1-2H3,(H,20,24)(H,25,26)/t10-/m0/s1. The summed E-state index contributed by atoms with van der Waals surface area (Å²) in [4.78, 5) is 26.9. The summed E-state index contributed by atoms with van der Waals surface area (Å²) in [5.41, 5.74) is -1.10. The molecule has 1 atom stereocenters. The number of carboxylic acids is 1. The number of amides is 1. The van der Waals surface area contributed by atoms with Crippen molar-refractivity contribution in [3.05, 3.63) is 35.8 Å². The number of pyridine rings is 1. The Morgan fingerprint density at radius 3 is 2.50 bits per heavy atom. The fraction of sp³-hybridized carbons (Fsp3) is 0.400. The Bertz CT molecular complexity index is 787. The van der Waals surface area contributed by atoms with E-state index < -0.39 is 29.7 Å². The number of alkyl halides is 3. The number of carbonyl (C=O) groups is 2. The van der Waals surface area contributed by atoms with Gasteiger partial charge in [-0.25, -0.2) is 14.5 Å². The molecule has 140 valence electrons. The molecule has 0 bridgehead atoms. The Morgan fingerprint density at radius 2 is 2.00 bits per heavy atom. The fourth-order valence-corrected chi connectivity index (χ4v) is 2.09. The summed E-state index contributed by atoms with van der Waals surface area (Å²) in [5, 5.41) is 18.7. The zero-order chi connectivity index (χ0) is 19.5. The van der Waals surface area contributed by atoms with Gasteiger partial charge in [0.1, 0.15) is 6.04 Å². The Balaban J connectivity index is 2.13. The second-order valence-electron chi connectivity index (χ2n) is 5.95. The highest BCUT2D eigenvalue weighted by Gasteiger charge is 2.30. The van der Waals surface area contributed by atoms with Crippen LogP contribution in [0.2, 0.25) is 0 Å². The lowest BCUT2D eigenvalue weighted by atomic mass is 10.0. The molecule has 0 saturated heterocycles. The van der Waals surface area contributed by atoms with Crippen molar-refractivity contribution >= 4 is 11.9 Å². The summed E-state index contributed by atoms with van der Waals surface area (Å²) >= 11 is 0. The average molecular weight is 371 g/mol. The molecule has 8 nitrogen and oxygen atoms in total. The first-order valence-corrected chi connectivity index (χ1v) is 7.57. The predicted octanol–water partition coefficient (Wildman–Crippen LogP) is 1.91. The highest BCUT2D eigenvalue weighted by atomic mass is 19.4. The zero-order valence-electron chi connectivity index (χ0n) is 13.9. The largest absolute Gasteiger partial charge is 0.480 e. The van der Waals surface area contributed by atoms with Gasteiger partial charge < -0.3 is 10.4 Å². The van der Waals surface area contributed by atoms with Gasteiger partial charge in [0.05, 0.1) is 11.8 Å². The first-order valence-electron chi connectivity index (χ1n) is 7.57. The van der Waals surface area contributed by atoms with Gasteiger partial charge in [-0.05, 0) is 24.5 Å². The number of hydrogen-bond donors (Lipinski definition) is 2. The minimum absolute atomic E-state index is 0.0292. The number of carboxylic acid groups (broad SMARTS) is 1. The molecule has 26 heavy (non-hydrogen) atoms. The zero-order valence-corrected chi connectivity index (χ0v) is 13.9. The van der Waals surface area contributed by atoms with Crippen molar-refractivity contribution in [3.8, 4) is 5.82 Å². The van der Waals surface area contributed by atoms with Crippen molar-refractivity contribution in [1.29, 1.82) is 0 Å². The van der Waals surface area contributed by atoms with Crippen LogP contribution in [0.3, 0.4) is 0 Å². The number of nitrogens with one attached hydrogen (secondary N) is 1. The number of carbonyl (C=O) groups excluding carboxylic acids is 1. The van der Waals surface area contributed by atoms with Gasteiger partial charge in [0.15, 0.2) is 11.5 Å². The van der Waals surface area contributed by atoms with Crippen LogP contribution < -0.4 is 5.32 Å². The van der Waals surface area contributed by atoms with Crippen LogP contribution in [0.4, 0.5) is 13.2 Å². The van der Waals surface area contributed by atoms with Gasteiger partial charge in [-0.2, -0.15) is 13.2 Å². The lowest BCUT2D eigenvalue weighted by Crippen LogP contribution is -2.41. The lowest BCUT2D eigenvalue weighted by molar-refractivity contribution is -0.140. The van der Waals surface area contributed by atoms with E-state index in [2.05, 4.69) is 20.6 Å². The number of halogens is 3. The molecule has 11 heteroatoms. The third kappa shape index (κ3) is 4.77. The predicted molar refractivity (Wildman–Crippen MR) is 82.5 cm³/mol. The molecule has 2 N–H and O–H groups in total. The van der Waals surface area contributed by atoms with Crippen LogP contribution in [0.5, 0.6) is 0 Å². The molecule has 0 aromatic carbocycles. The first kappa shape index (κ1) is 19.3. The second kappa shape index (κ2) is 7.50. The summed E-state index contributed by atoms with van der Waals surface area (Å²) in [6.45, 7) is 3.63. The van der Waals surface area contributed by atoms with Gasteiger partial charge >= 0.3 is 12.1 Å². The van der Waals surface area contributed by atoms with E-state index in [1.54, 1.807) is 0 Å². The van der Waals surface area contributed by atoms with E-state index in [0.29, 0.717) is 6.20 Å². The number of aliphatic carboxylic acids is 1. The van der Waals surface area contributed by atoms with Crippen molar-refractivity contribution in [3.63, 3.8) is 0 Å². The maximum Gasteiger partial charge on any atom is 0.417 e. The van der Waals surface area contributed by atoms with Gasteiger partial charge in [-0.1, -0.05) is 19.1 Å². The molecule has 0 fully saturated rings. The number of nitrogens with zero attached hydrogens (tertiary/aromatic N) is 4. The molecular formula is C15H16F3N5O3. The van der Waals surface area contributed by atoms with Crippen LogP contribution in [0.1, 0.15) is 36.3 Å². The highest BCUT2D eigenvalue weighted by molar-refractivity contribution is 5.94. The van der Waals surface area contributed by atoms with Crippen molar-refractivity contribution in [2.24, 2.45) is 5.92 Å². The topological polar surface area (TPSA) is 110 Å². The molecule has 0 aliphatic heterocycles. The molecule has 2 aromatic rings. The normalized spacial score (nSPS) is 12.8. The molecule has 0 saturated carbocycles. The van der Waals surface area contributed by atoms with Gasteiger partial charge in [0.25, 0.3) is 5.91 Å². The maximum atomic E-state index is 12.5. The van der Waals surface area contributed by atoms with Crippen molar-refractivity contribution < 1.29 is 27.9 Å². The average Bonchev–Trinajstić information content (AvgIpc) is 3.03. The van der Waals surface area contributed by atoms with Crippen LogP contribution in [0.25, 0.3) is 5.82 Å². The van der Waals surface area contributed by atoms with Crippen LogP contribution in [-0.2, 0) is 11.0 Å².